The molecule has 0 unspecified atom stereocenters. The van der Waals surface area contributed by atoms with Gasteiger partial charge in [-0.1, -0.05) is 115 Å². The standard InChI is InChI=1S/C58H35N7O2/c66-57-46-33-45-42-24-13-14-25-49(42)63(41-29-27-38(28-30-41)56-61-54(36-16-5-1-6-17-36)60-55(62-56)37-18-7-2-8-19-37)51(45)34-44(46)43-32-48-52(35-47(43)58(67)65(57)40-22-11-4-12-23-40)64(39-20-9-3-10-21-39)50-26-15-31-59-53(48)50/h1-35H. The van der Waals surface area contributed by atoms with Crippen molar-refractivity contribution in [2.45, 2.75) is 0 Å². The summed E-state index contributed by atoms with van der Waals surface area (Å²) in [6.45, 7) is 0. The van der Waals surface area contributed by atoms with Gasteiger partial charge >= 0.3 is 0 Å². The molecule has 13 rings (SSSR count). The van der Waals surface area contributed by atoms with Crippen LogP contribution in [0.25, 0.3) is 117 Å². The summed E-state index contributed by atoms with van der Waals surface area (Å²) in [6.07, 6.45) is 1.79. The van der Waals surface area contributed by atoms with Gasteiger partial charge in [0.1, 0.15) is 0 Å². The van der Waals surface area contributed by atoms with Gasteiger partial charge < -0.3 is 9.13 Å². The van der Waals surface area contributed by atoms with E-state index in [1.54, 1.807) is 18.3 Å². The zero-order valence-electron chi connectivity index (χ0n) is 35.7. The molecule has 0 radical (unpaired) electrons. The Morgan fingerprint density at radius 1 is 0.299 bits per heavy atom. The molecule has 0 fully saturated rings. The van der Waals surface area contributed by atoms with E-state index in [0.717, 1.165) is 71.8 Å². The molecule has 0 saturated heterocycles. The van der Waals surface area contributed by atoms with Crippen molar-refractivity contribution in [3.05, 3.63) is 233 Å². The maximum Gasteiger partial charge on any atom is 0.266 e. The highest BCUT2D eigenvalue weighted by Crippen LogP contribution is 2.39. The van der Waals surface area contributed by atoms with Crippen molar-refractivity contribution in [1.82, 2.24) is 33.6 Å². The fraction of sp³-hybridized carbons (Fsp3) is 0. The molecule has 5 aromatic heterocycles. The first kappa shape index (κ1) is 38.1. The van der Waals surface area contributed by atoms with Gasteiger partial charge in [-0.05, 0) is 102 Å². The van der Waals surface area contributed by atoms with Crippen LogP contribution in [0.4, 0.5) is 0 Å². The molecule has 0 atom stereocenters. The summed E-state index contributed by atoms with van der Waals surface area (Å²) in [5.41, 5.74) is 8.56. The molecule has 8 aromatic carbocycles. The Bertz CT molecular complexity index is 4170. The molecule has 0 spiro atoms. The van der Waals surface area contributed by atoms with Crippen molar-refractivity contribution < 1.29 is 0 Å². The molecule has 0 saturated carbocycles. The van der Waals surface area contributed by atoms with Crippen LogP contribution in [0.3, 0.4) is 0 Å². The van der Waals surface area contributed by atoms with E-state index < -0.39 is 11.1 Å². The Hall–Kier alpha value is -9.34. The van der Waals surface area contributed by atoms with Crippen LogP contribution in [0.5, 0.6) is 0 Å². The lowest BCUT2D eigenvalue weighted by Gasteiger charge is -2.11. The van der Waals surface area contributed by atoms with E-state index in [9.17, 15) is 0 Å². The lowest BCUT2D eigenvalue weighted by Crippen LogP contribution is -2.28. The smallest absolute Gasteiger partial charge is 0.266 e. The maximum absolute atomic E-state index is 15.2. The van der Waals surface area contributed by atoms with Crippen molar-refractivity contribution in [2.75, 3.05) is 0 Å². The van der Waals surface area contributed by atoms with Crippen molar-refractivity contribution in [1.29, 1.82) is 0 Å². The van der Waals surface area contributed by atoms with Gasteiger partial charge in [0.15, 0.2) is 17.5 Å². The molecule has 9 heteroatoms. The van der Waals surface area contributed by atoms with E-state index in [0.29, 0.717) is 44.7 Å². The number of nitrogens with zero attached hydrogens (tertiary/aromatic N) is 7. The van der Waals surface area contributed by atoms with E-state index in [1.807, 2.05) is 158 Å². The lowest BCUT2D eigenvalue weighted by molar-refractivity contribution is 0.976. The molecule has 0 aliphatic carbocycles. The minimum absolute atomic E-state index is 0.397. The first-order valence-electron chi connectivity index (χ1n) is 22.1. The molecular formula is C58H35N7O2. The summed E-state index contributed by atoms with van der Waals surface area (Å²) in [4.78, 5) is 50.0. The quantitative estimate of drug-likeness (QED) is 0.165. The number of rotatable bonds is 6. The van der Waals surface area contributed by atoms with Crippen LogP contribution in [0.1, 0.15) is 0 Å². The average molecular weight is 862 g/mol. The zero-order chi connectivity index (χ0) is 44.6. The Kier molecular flexibility index (Phi) is 8.62. The molecule has 0 bridgehead atoms. The predicted molar refractivity (Wildman–Crippen MR) is 269 cm³/mol. The Morgan fingerprint density at radius 2 is 0.731 bits per heavy atom. The third-order valence-corrected chi connectivity index (χ3v) is 12.7. The van der Waals surface area contributed by atoms with Gasteiger partial charge in [-0.25, -0.2) is 19.5 Å². The molecule has 0 amide bonds. The largest absolute Gasteiger partial charge is 0.309 e. The molecule has 67 heavy (non-hydrogen) atoms. The second-order valence-electron chi connectivity index (χ2n) is 16.6. The van der Waals surface area contributed by atoms with Crippen LogP contribution in [0.2, 0.25) is 0 Å². The van der Waals surface area contributed by atoms with E-state index in [2.05, 4.69) is 45.5 Å². The fourth-order valence-corrected chi connectivity index (χ4v) is 9.67. The molecule has 13 aromatic rings. The van der Waals surface area contributed by atoms with E-state index in [1.165, 1.54) is 4.57 Å². The summed E-state index contributed by atoms with van der Waals surface area (Å²) in [5.74, 6) is 1.74. The Balaban J connectivity index is 1.08. The number of pyridine rings is 1. The second kappa shape index (κ2) is 15.1. The third-order valence-electron chi connectivity index (χ3n) is 12.7. The van der Waals surface area contributed by atoms with E-state index >= 15 is 9.59 Å². The number of hydrogen-bond donors (Lipinski definition) is 0. The van der Waals surface area contributed by atoms with Crippen molar-refractivity contribution in [3.63, 3.8) is 0 Å². The summed E-state index contributed by atoms with van der Waals surface area (Å²) < 4.78 is 5.68. The fourth-order valence-electron chi connectivity index (χ4n) is 9.67. The summed E-state index contributed by atoms with van der Waals surface area (Å²) in [5, 5.41) is 4.89. The monoisotopic (exact) mass is 861 g/mol. The molecule has 0 aliphatic heterocycles. The van der Waals surface area contributed by atoms with Crippen LogP contribution in [-0.4, -0.2) is 33.6 Å². The topological polar surface area (TPSA) is 100 Å². The summed E-state index contributed by atoms with van der Waals surface area (Å²) >= 11 is 0. The highest BCUT2D eigenvalue weighted by molar-refractivity contribution is 6.20. The number of para-hydroxylation sites is 3. The van der Waals surface area contributed by atoms with Gasteiger partial charge in [-0.2, -0.15) is 0 Å². The van der Waals surface area contributed by atoms with E-state index in [-0.39, 0.29) is 0 Å². The average Bonchev–Trinajstić information content (AvgIpc) is 3.88. The van der Waals surface area contributed by atoms with Gasteiger partial charge in [0.05, 0.1) is 38.7 Å². The molecule has 5 heterocycles. The first-order valence-corrected chi connectivity index (χ1v) is 22.1. The third kappa shape index (κ3) is 6.09. The minimum Gasteiger partial charge on any atom is -0.309 e. The Labute approximate surface area is 381 Å². The summed E-state index contributed by atoms with van der Waals surface area (Å²) in [7, 11) is 0. The van der Waals surface area contributed by atoms with Crippen molar-refractivity contribution >= 4 is 65.3 Å². The lowest BCUT2D eigenvalue weighted by atomic mass is 10.0. The number of fused-ring (bicyclic) bond motifs is 9. The molecular weight excluding hydrogens is 827 g/mol. The van der Waals surface area contributed by atoms with Gasteiger partial charge in [-0.15, -0.1) is 0 Å². The van der Waals surface area contributed by atoms with Gasteiger partial charge in [0, 0.05) is 55.8 Å². The van der Waals surface area contributed by atoms with Gasteiger partial charge in [-0.3, -0.25) is 14.6 Å². The van der Waals surface area contributed by atoms with Crippen LogP contribution < -0.4 is 11.1 Å². The minimum atomic E-state index is -0.403. The van der Waals surface area contributed by atoms with Gasteiger partial charge in [0.25, 0.3) is 11.1 Å². The molecule has 0 N–H and O–H groups in total. The number of hydrogen-bond acceptors (Lipinski definition) is 6. The Morgan fingerprint density at radius 3 is 1.36 bits per heavy atom. The van der Waals surface area contributed by atoms with E-state index in [4.69, 9.17) is 19.9 Å². The normalized spacial score (nSPS) is 11.7. The number of benzene rings is 8. The van der Waals surface area contributed by atoms with Crippen molar-refractivity contribution in [3.8, 4) is 51.2 Å². The van der Waals surface area contributed by atoms with Crippen LogP contribution in [0.15, 0.2) is 222 Å². The van der Waals surface area contributed by atoms with Crippen molar-refractivity contribution in [2.24, 2.45) is 0 Å². The maximum atomic E-state index is 15.2. The second-order valence-corrected chi connectivity index (χ2v) is 16.6. The zero-order valence-corrected chi connectivity index (χ0v) is 35.7. The van der Waals surface area contributed by atoms with Gasteiger partial charge in [0.2, 0.25) is 0 Å². The summed E-state index contributed by atoms with van der Waals surface area (Å²) in [6, 6.07) is 67.6. The molecule has 9 nitrogen and oxygen atoms in total. The van der Waals surface area contributed by atoms with Crippen LogP contribution in [0, 0.1) is 0 Å². The van der Waals surface area contributed by atoms with Crippen LogP contribution in [-0.2, 0) is 0 Å². The van der Waals surface area contributed by atoms with Crippen LogP contribution >= 0.6 is 0 Å². The highest BCUT2D eigenvalue weighted by Gasteiger charge is 2.22. The molecule has 0 aliphatic rings. The highest BCUT2D eigenvalue weighted by atomic mass is 16.2. The number of aromatic nitrogens is 7. The predicted octanol–water partition coefficient (Wildman–Crippen LogP) is 12.3. The SMILES string of the molecule is O=c1c2cc3c(cc2c2cc4c(cc2c(=O)n1-c1ccccc1)c1ccccc1n4-c1ccc(-c2nc(-c4ccccc4)nc(-c4ccccc4)n2)cc1)c1ncccc1n3-c1ccccc1. The molecule has 314 valence electrons. The first-order chi connectivity index (χ1) is 33.1.